The number of carbonyl (C=O) groups is 1. The van der Waals surface area contributed by atoms with Gasteiger partial charge in [0.2, 0.25) is 5.91 Å². The molecule has 0 saturated heterocycles. The fourth-order valence-corrected chi connectivity index (χ4v) is 2.07. The first-order valence-corrected chi connectivity index (χ1v) is 8.08. The van der Waals surface area contributed by atoms with E-state index in [9.17, 15) is 24.4 Å². The minimum atomic E-state index is -4.56. The lowest BCUT2D eigenvalue weighted by molar-refractivity contribution is -0.313. The fourth-order valence-electron chi connectivity index (χ4n) is 1.54. The van der Waals surface area contributed by atoms with Crippen molar-refractivity contribution in [3.05, 3.63) is 5.21 Å². The van der Waals surface area contributed by atoms with E-state index in [-0.39, 0.29) is 24.4 Å². The Balaban J connectivity index is 3.60. The van der Waals surface area contributed by atoms with Gasteiger partial charge >= 0.3 is 0 Å². The van der Waals surface area contributed by atoms with Crippen LogP contribution in [0.3, 0.4) is 0 Å². The maximum absolute atomic E-state index is 11.3. The predicted octanol–water partition coefficient (Wildman–Crippen LogP) is 0.977. The highest BCUT2D eigenvalue weighted by molar-refractivity contribution is 7.48. The van der Waals surface area contributed by atoms with E-state index < -0.39 is 19.7 Å². The molecule has 18 heavy (non-hydrogen) atoms. The van der Waals surface area contributed by atoms with Crippen LogP contribution in [0.25, 0.3) is 0 Å². The quantitative estimate of drug-likeness (QED) is 0.336. The Kier molecular flexibility index (Phi) is 9.28. The van der Waals surface area contributed by atoms with Crippen molar-refractivity contribution >= 4 is 13.5 Å². The van der Waals surface area contributed by atoms with Crippen LogP contribution in [0.1, 0.15) is 51.9 Å². The minimum absolute atomic E-state index is 0.0879. The molecule has 0 aromatic carbocycles. The molecule has 0 heterocycles. The van der Waals surface area contributed by atoms with E-state index in [2.05, 4.69) is 6.92 Å². The molecule has 0 bridgehead atoms. The molecule has 0 aliphatic carbocycles. The van der Waals surface area contributed by atoms with Gasteiger partial charge in [0.1, 0.15) is 0 Å². The van der Waals surface area contributed by atoms with E-state index in [0.29, 0.717) is 6.42 Å². The van der Waals surface area contributed by atoms with E-state index in [1.807, 2.05) is 0 Å². The summed E-state index contributed by atoms with van der Waals surface area (Å²) in [7, 11) is -4.56. The van der Waals surface area contributed by atoms with Crippen LogP contribution in [0.4, 0.5) is 0 Å². The van der Waals surface area contributed by atoms with Gasteiger partial charge in [-0.15, -0.1) is 0 Å². The van der Waals surface area contributed by atoms with Crippen LogP contribution in [0.5, 0.6) is 0 Å². The number of unbranched alkanes of at least 4 members (excludes halogenated alkanes) is 4. The summed E-state index contributed by atoms with van der Waals surface area (Å²) in [6.07, 6.45) is 4.43. The number of hydrogen-bond donors (Lipinski definition) is 0. The Morgan fingerprint density at radius 1 is 1.11 bits per heavy atom. The van der Waals surface area contributed by atoms with E-state index >= 15 is 0 Å². The standard InChI is InChI=1S/C11H23NO5P/c1-2-3-4-5-6-8-11(13)12(14)9-7-10-18(15,16)17/h2-10H2,1H3,(H2,15,16,17)/q-1/p-2. The van der Waals surface area contributed by atoms with Gasteiger partial charge in [-0.25, -0.2) is 0 Å². The molecule has 0 aromatic heterocycles. The molecule has 0 N–H and O–H groups in total. The summed E-state index contributed by atoms with van der Waals surface area (Å²) >= 11 is 0. The zero-order valence-electron chi connectivity index (χ0n) is 10.8. The highest BCUT2D eigenvalue weighted by Gasteiger charge is 2.04. The largest absolute Gasteiger partial charge is 0.811 e. The second-order valence-electron chi connectivity index (χ2n) is 4.35. The molecule has 0 rings (SSSR count). The zero-order valence-corrected chi connectivity index (χ0v) is 11.7. The maximum atomic E-state index is 11.3. The summed E-state index contributed by atoms with van der Waals surface area (Å²) in [5.41, 5.74) is 0. The molecular formula is C11H21NO5P-3. The molecule has 0 unspecified atom stereocenters. The summed E-state index contributed by atoms with van der Waals surface area (Å²) < 4.78 is 10.3. The third kappa shape index (κ3) is 10.7. The summed E-state index contributed by atoms with van der Waals surface area (Å²) in [4.78, 5) is 32.0. The van der Waals surface area contributed by atoms with Crippen molar-refractivity contribution in [3.63, 3.8) is 0 Å². The smallest absolute Gasteiger partial charge is 0.212 e. The number of rotatable bonds is 10. The van der Waals surface area contributed by atoms with E-state index in [4.69, 9.17) is 0 Å². The van der Waals surface area contributed by atoms with Crippen LogP contribution < -0.4 is 9.79 Å². The molecule has 0 aromatic rings. The molecule has 0 spiro atoms. The fraction of sp³-hybridized carbons (Fsp3) is 0.909. The van der Waals surface area contributed by atoms with Crippen LogP contribution in [-0.4, -0.2) is 23.7 Å². The van der Waals surface area contributed by atoms with Crippen LogP contribution in [0.15, 0.2) is 0 Å². The van der Waals surface area contributed by atoms with E-state index in [1.54, 1.807) is 0 Å². The lowest BCUT2D eigenvalue weighted by Gasteiger charge is -2.33. The molecular weight excluding hydrogens is 257 g/mol. The Morgan fingerprint density at radius 3 is 2.28 bits per heavy atom. The summed E-state index contributed by atoms with van der Waals surface area (Å²) in [6, 6.07) is 0. The molecule has 0 aliphatic rings. The van der Waals surface area contributed by atoms with Gasteiger partial charge in [0.15, 0.2) is 0 Å². The average molecular weight is 278 g/mol. The van der Waals surface area contributed by atoms with Crippen LogP contribution in [0.2, 0.25) is 0 Å². The Bertz CT molecular complexity index is 279. The van der Waals surface area contributed by atoms with E-state index in [1.165, 1.54) is 0 Å². The summed E-state index contributed by atoms with van der Waals surface area (Å²) in [6.45, 7) is 1.87. The van der Waals surface area contributed by atoms with Crippen molar-refractivity contribution in [3.8, 4) is 0 Å². The lowest BCUT2D eigenvalue weighted by Crippen LogP contribution is -2.27. The first kappa shape index (κ1) is 17.6. The summed E-state index contributed by atoms with van der Waals surface area (Å²) in [5.74, 6) is -0.530. The van der Waals surface area contributed by atoms with Crippen molar-refractivity contribution in [2.24, 2.45) is 0 Å². The molecule has 0 atom stereocenters. The Hall–Kier alpha value is -0.420. The monoisotopic (exact) mass is 278 g/mol. The number of carbonyl (C=O) groups excluding carboxylic acids is 1. The van der Waals surface area contributed by atoms with Crippen molar-refractivity contribution in [1.82, 2.24) is 5.06 Å². The van der Waals surface area contributed by atoms with Crippen molar-refractivity contribution in [2.45, 2.75) is 51.9 Å². The Labute approximate surface area is 108 Å². The predicted molar refractivity (Wildman–Crippen MR) is 65.5 cm³/mol. The van der Waals surface area contributed by atoms with Gasteiger partial charge < -0.3 is 24.6 Å². The van der Waals surface area contributed by atoms with Crippen LogP contribution in [0, 0.1) is 5.21 Å². The van der Waals surface area contributed by atoms with Crippen LogP contribution in [-0.2, 0) is 9.36 Å². The van der Waals surface area contributed by atoms with Gasteiger partial charge in [0, 0.05) is 13.0 Å². The minimum Gasteiger partial charge on any atom is -0.811 e. The molecule has 0 fully saturated rings. The second kappa shape index (κ2) is 9.50. The van der Waals surface area contributed by atoms with Gasteiger partial charge in [-0.05, 0) is 19.0 Å². The SMILES string of the molecule is CCCCCCCC(=O)N([O-])CCCP(=O)([O-])[O-]. The van der Waals surface area contributed by atoms with Crippen molar-refractivity contribution in [1.29, 1.82) is 0 Å². The van der Waals surface area contributed by atoms with Crippen molar-refractivity contribution < 1.29 is 19.1 Å². The number of nitrogens with zero attached hydrogens (tertiary/aromatic N) is 1. The van der Waals surface area contributed by atoms with E-state index in [0.717, 1.165) is 25.7 Å². The molecule has 0 saturated carbocycles. The van der Waals surface area contributed by atoms with Crippen molar-refractivity contribution in [2.75, 3.05) is 12.7 Å². The lowest BCUT2D eigenvalue weighted by atomic mass is 10.1. The molecule has 7 heteroatoms. The molecule has 1 amide bonds. The first-order chi connectivity index (χ1) is 8.37. The first-order valence-electron chi connectivity index (χ1n) is 6.35. The molecule has 0 radical (unpaired) electrons. The van der Waals surface area contributed by atoms with Gasteiger partial charge in [-0.3, -0.25) is 4.79 Å². The van der Waals surface area contributed by atoms with Crippen LogP contribution >= 0.6 is 7.60 Å². The number of hydroxylamine groups is 2. The zero-order chi connectivity index (χ0) is 14.0. The third-order valence-electron chi connectivity index (χ3n) is 2.57. The van der Waals surface area contributed by atoms with Gasteiger partial charge in [-0.1, -0.05) is 40.2 Å². The topological polar surface area (TPSA) is 107 Å². The third-order valence-corrected chi connectivity index (χ3v) is 3.43. The summed E-state index contributed by atoms with van der Waals surface area (Å²) in [5, 5.41) is 11.5. The molecule has 0 aliphatic heterocycles. The van der Waals surface area contributed by atoms with Gasteiger partial charge in [0.25, 0.3) is 0 Å². The molecule has 108 valence electrons. The highest BCUT2D eigenvalue weighted by Crippen LogP contribution is 2.23. The van der Waals surface area contributed by atoms with Gasteiger partial charge in [0.05, 0.1) is 0 Å². The highest BCUT2D eigenvalue weighted by atomic mass is 31.2. The average Bonchev–Trinajstić information content (AvgIpc) is 2.26. The van der Waals surface area contributed by atoms with Gasteiger partial charge in [-0.2, -0.15) is 0 Å². The number of amides is 1. The second-order valence-corrected chi connectivity index (χ2v) is 6.02. The molecule has 6 nitrogen and oxygen atoms in total. The normalized spacial score (nSPS) is 11.6. The maximum Gasteiger partial charge on any atom is 0.212 e. The Morgan fingerprint density at radius 2 is 1.72 bits per heavy atom. The number of hydrogen-bond acceptors (Lipinski definition) is 5.